The van der Waals surface area contributed by atoms with Gasteiger partial charge in [0, 0.05) is 50.3 Å². The second kappa shape index (κ2) is 7.04. The maximum absolute atomic E-state index is 13.1. The number of nitrogens with one attached hydrogen (secondary N) is 1. The topological polar surface area (TPSA) is 82.2 Å². The van der Waals surface area contributed by atoms with Gasteiger partial charge in [0.15, 0.2) is 0 Å². The Morgan fingerprint density at radius 2 is 2.07 bits per heavy atom. The molecule has 1 atom stereocenters. The van der Waals surface area contributed by atoms with Gasteiger partial charge in [0.2, 0.25) is 11.8 Å². The molecule has 1 N–H and O–H groups in total. The lowest BCUT2D eigenvalue weighted by atomic mass is 10.1. The zero-order valence-electron chi connectivity index (χ0n) is 15.9. The highest BCUT2D eigenvalue weighted by atomic mass is 16.2. The number of amides is 2. The van der Waals surface area contributed by atoms with E-state index >= 15 is 0 Å². The van der Waals surface area contributed by atoms with Crippen LogP contribution in [0.25, 0.3) is 0 Å². The highest BCUT2D eigenvalue weighted by Gasteiger charge is 2.38. The van der Waals surface area contributed by atoms with Crippen LogP contribution >= 0.6 is 0 Å². The minimum absolute atomic E-state index is 0.0456. The van der Waals surface area contributed by atoms with Crippen molar-refractivity contribution in [3.8, 4) is 0 Å². The maximum atomic E-state index is 13.1. The molecular weight excluding hydrogens is 354 g/mol. The molecule has 28 heavy (non-hydrogen) atoms. The number of aromatic nitrogens is 3. The van der Waals surface area contributed by atoms with Gasteiger partial charge in [0.1, 0.15) is 0 Å². The van der Waals surface area contributed by atoms with E-state index in [0.717, 1.165) is 25.1 Å². The molecule has 2 aromatic heterocycles. The van der Waals surface area contributed by atoms with E-state index in [1.807, 2.05) is 23.1 Å². The van der Waals surface area contributed by atoms with Crippen molar-refractivity contribution in [1.82, 2.24) is 25.0 Å². The Morgan fingerprint density at radius 1 is 1.21 bits per heavy atom. The Kier molecular flexibility index (Phi) is 4.37. The predicted molar refractivity (Wildman–Crippen MR) is 102 cm³/mol. The van der Waals surface area contributed by atoms with Crippen molar-refractivity contribution in [2.24, 2.45) is 5.92 Å². The number of aromatic amines is 1. The molecule has 0 aromatic carbocycles. The fourth-order valence-corrected chi connectivity index (χ4v) is 4.46. The normalized spacial score (nSPS) is 22.3. The standard InChI is InChI=1S/C21H25N5O2/c27-19-11-15(12-26(19)13-16-3-1-2-8-22-16)21(28)25-9-6-17-18(7-10-25)23-24-20(17)14-4-5-14/h1-3,8,14-15H,4-7,9-13H2,(H,23,24). The third-order valence-corrected chi connectivity index (χ3v) is 6.17. The van der Waals surface area contributed by atoms with Crippen molar-refractivity contribution < 1.29 is 9.59 Å². The Bertz CT molecular complexity index is 889. The third kappa shape index (κ3) is 3.30. The molecule has 7 nitrogen and oxygen atoms in total. The van der Waals surface area contributed by atoms with Crippen LogP contribution in [0, 0.1) is 5.92 Å². The van der Waals surface area contributed by atoms with Gasteiger partial charge in [0.05, 0.1) is 23.9 Å². The summed E-state index contributed by atoms with van der Waals surface area (Å²) in [4.78, 5) is 33.5. The van der Waals surface area contributed by atoms with Crippen LogP contribution in [0.15, 0.2) is 24.4 Å². The van der Waals surface area contributed by atoms with Gasteiger partial charge in [-0.2, -0.15) is 5.10 Å². The summed E-state index contributed by atoms with van der Waals surface area (Å²) in [6, 6.07) is 5.69. The Labute approximate surface area is 164 Å². The number of pyridine rings is 1. The average Bonchev–Trinajstić information content (AvgIpc) is 3.43. The van der Waals surface area contributed by atoms with Crippen LogP contribution in [0.2, 0.25) is 0 Å². The molecule has 1 saturated heterocycles. The molecule has 0 radical (unpaired) electrons. The summed E-state index contributed by atoms with van der Waals surface area (Å²) in [5, 5.41) is 7.72. The molecule has 3 aliphatic rings. The zero-order valence-corrected chi connectivity index (χ0v) is 15.9. The molecule has 2 fully saturated rings. The first-order valence-corrected chi connectivity index (χ1v) is 10.2. The summed E-state index contributed by atoms with van der Waals surface area (Å²) >= 11 is 0. The first-order chi connectivity index (χ1) is 13.7. The number of H-pyrrole nitrogens is 1. The quantitative estimate of drug-likeness (QED) is 0.876. The summed E-state index contributed by atoms with van der Waals surface area (Å²) in [6.45, 7) is 2.38. The molecule has 2 amide bonds. The molecule has 1 aliphatic carbocycles. The van der Waals surface area contributed by atoms with E-state index < -0.39 is 0 Å². The molecule has 2 aliphatic heterocycles. The highest BCUT2D eigenvalue weighted by Crippen LogP contribution is 2.41. The van der Waals surface area contributed by atoms with Gasteiger partial charge < -0.3 is 9.80 Å². The molecule has 1 unspecified atom stereocenters. The van der Waals surface area contributed by atoms with Crippen LogP contribution in [0.4, 0.5) is 0 Å². The van der Waals surface area contributed by atoms with E-state index in [1.165, 1.54) is 29.8 Å². The van der Waals surface area contributed by atoms with Crippen LogP contribution in [0.1, 0.15) is 47.8 Å². The number of fused-ring (bicyclic) bond motifs is 1. The van der Waals surface area contributed by atoms with Crippen LogP contribution in [-0.2, 0) is 29.0 Å². The SMILES string of the molecule is O=C1CC(C(=O)N2CCc3[nH]nc(C4CC4)c3CC2)CN1Cc1ccccn1. The average molecular weight is 379 g/mol. The van der Waals surface area contributed by atoms with Gasteiger partial charge in [-0.25, -0.2) is 0 Å². The number of hydrogen-bond acceptors (Lipinski definition) is 4. The smallest absolute Gasteiger partial charge is 0.228 e. The number of likely N-dealkylation sites (tertiary alicyclic amines) is 1. The highest BCUT2D eigenvalue weighted by molar-refractivity contribution is 5.89. The van der Waals surface area contributed by atoms with E-state index in [0.29, 0.717) is 32.0 Å². The van der Waals surface area contributed by atoms with E-state index in [4.69, 9.17) is 0 Å². The lowest BCUT2D eigenvalue weighted by Crippen LogP contribution is -2.39. The van der Waals surface area contributed by atoms with Crippen molar-refractivity contribution in [3.63, 3.8) is 0 Å². The minimum atomic E-state index is -0.242. The van der Waals surface area contributed by atoms with Crippen LogP contribution in [0.3, 0.4) is 0 Å². The van der Waals surface area contributed by atoms with E-state index in [2.05, 4.69) is 15.2 Å². The fourth-order valence-electron chi connectivity index (χ4n) is 4.46. The van der Waals surface area contributed by atoms with Gasteiger partial charge in [0.25, 0.3) is 0 Å². The van der Waals surface area contributed by atoms with Crippen molar-refractivity contribution in [2.45, 2.75) is 44.6 Å². The van der Waals surface area contributed by atoms with Crippen LogP contribution in [-0.4, -0.2) is 56.4 Å². The molecule has 146 valence electrons. The van der Waals surface area contributed by atoms with E-state index in [9.17, 15) is 9.59 Å². The Hall–Kier alpha value is -2.70. The van der Waals surface area contributed by atoms with Crippen molar-refractivity contribution >= 4 is 11.8 Å². The Morgan fingerprint density at radius 3 is 2.86 bits per heavy atom. The van der Waals surface area contributed by atoms with Gasteiger partial charge in [-0.1, -0.05) is 6.07 Å². The lowest BCUT2D eigenvalue weighted by Gasteiger charge is -2.24. The van der Waals surface area contributed by atoms with Crippen molar-refractivity contribution in [3.05, 3.63) is 47.0 Å². The largest absolute Gasteiger partial charge is 0.342 e. The second-order valence-electron chi connectivity index (χ2n) is 8.16. The summed E-state index contributed by atoms with van der Waals surface area (Å²) in [5.74, 6) is 0.538. The summed E-state index contributed by atoms with van der Waals surface area (Å²) < 4.78 is 0. The second-order valence-corrected chi connectivity index (χ2v) is 8.16. The van der Waals surface area contributed by atoms with Crippen LogP contribution < -0.4 is 0 Å². The molecule has 2 aromatic rings. The predicted octanol–water partition coefficient (Wildman–Crippen LogP) is 1.66. The van der Waals surface area contributed by atoms with Gasteiger partial charge >= 0.3 is 0 Å². The van der Waals surface area contributed by atoms with Crippen molar-refractivity contribution in [1.29, 1.82) is 0 Å². The molecule has 1 saturated carbocycles. The molecule has 0 bridgehead atoms. The summed E-state index contributed by atoms with van der Waals surface area (Å²) in [5.41, 5.74) is 4.60. The molecule has 7 heteroatoms. The lowest BCUT2D eigenvalue weighted by molar-refractivity contribution is -0.135. The van der Waals surface area contributed by atoms with Gasteiger partial charge in [-0.05, 0) is 37.0 Å². The summed E-state index contributed by atoms with van der Waals surface area (Å²) in [7, 11) is 0. The number of carbonyl (C=O) groups excluding carboxylic acids is 2. The van der Waals surface area contributed by atoms with E-state index in [-0.39, 0.29) is 17.7 Å². The van der Waals surface area contributed by atoms with E-state index in [1.54, 1.807) is 11.1 Å². The van der Waals surface area contributed by atoms with Crippen LogP contribution in [0.5, 0.6) is 0 Å². The van der Waals surface area contributed by atoms with Gasteiger partial charge in [-0.15, -0.1) is 0 Å². The number of nitrogens with zero attached hydrogens (tertiary/aromatic N) is 4. The zero-order chi connectivity index (χ0) is 19.1. The first kappa shape index (κ1) is 17.4. The molecular formula is C21H25N5O2. The molecule has 4 heterocycles. The number of rotatable bonds is 4. The monoisotopic (exact) mass is 379 g/mol. The Balaban J connectivity index is 1.22. The van der Waals surface area contributed by atoms with Crippen molar-refractivity contribution in [2.75, 3.05) is 19.6 Å². The molecule has 5 rings (SSSR count). The minimum Gasteiger partial charge on any atom is -0.342 e. The number of carbonyl (C=O) groups is 2. The maximum Gasteiger partial charge on any atom is 0.228 e. The van der Waals surface area contributed by atoms with Gasteiger partial charge in [-0.3, -0.25) is 19.7 Å². The molecule has 0 spiro atoms. The summed E-state index contributed by atoms with van der Waals surface area (Å²) in [6.07, 6.45) is 6.19. The third-order valence-electron chi connectivity index (χ3n) is 6.17. The first-order valence-electron chi connectivity index (χ1n) is 10.2. The fraction of sp³-hybridized carbons (Fsp3) is 0.524. The number of hydrogen-bond donors (Lipinski definition) is 1.